The van der Waals surface area contributed by atoms with Gasteiger partial charge in [-0.3, -0.25) is 0 Å². The third kappa shape index (κ3) is 6.11. The Labute approximate surface area is 67.6 Å². The molecule has 0 aliphatic carbocycles. The fourth-order valence-corrected chi connectivity index (χ4v) is 0.960. The largest absolute Gasteiger partial charge is 0.322 e. The number of unbranched alkanes of at least 4 members (excludes halogenated alkanes) is 2. The second-order valence-corrected chi connectivity index (χ2v) is 2.82. The van der Waals surface area contributed by atoms with Gasteiger partial charge in [0.2, 0.25) is 0 Å². The molecule has 0 amide bonds. The van der Waals surface area contributed by atoms with Crippen molar-refractivity contribution in [2.45, 2.75) is 31.7 Å². The van der Waals surface area contributed by atoms with Crippen LogP contribution in [0.25, 0.3) is 0 Å². The monoisotopic (exact) mass is 161 g/mol. The van der Waals surface area contributed by atoms with Crippen molar-refractivity contribution in [2.75, 3.05) is 5.75 Å². The van der Waals surface area contributed by atoms with Crippen molar-refractivity contribution < 1.29 is 4.79 Å². The Kier molecular flexibility index (Phi) is 7.08. The molecule has 2 nitrogen and oxygen atoms in total. The number of hydrogen-bond acceptors (Lipinski definition) is 3. The van der Waals surface area contributed by atoms with E-state index in [1.54, 1.807) is 0 Å². The van der Waals surface area contributed by atoms with Gasteiger partial charge in [0.05, 0.1) is 6.04 Å². The lowest BCUT2D eigenvalue weighted by Crippen LogP contribution is -2.20. The summed E-state index contributed by atoms with van der Waals surface area (Å²) in [5, 5.41) is 0. The number of carbonyl (C=O) groups is 1. The highest BCUT2D eigenvalue weighted by Gasteiger charge is 1.97. The van der Waals surface area contributed by atoms with Gasteiger partial charge in [-0.1, -0.05) is 12.8 Å². The first kappa shape index (κ1) is 9.98. The molecule has 0 bridgehead atoms. The summed E-state index contributed by atoms with van der Waals surface area (Å²) >= 11 is 4.07. The third-order valence-corrected chi connectivity index (χ3v) is 1.69. The molecule has 0 aromatic carbocycles. The second kappa shape index (κ2) is 7.09. The molecule has 3 heteroatoms. The van der Waals surface area contributed by atoms with Crippen LogP contribution in [0.2, 0.25) is 0 Å². The molecule has 0 rings (SSSR count). The van der Waals surface area contributed by atoms with E-state index in [0.29, 0.717) is 0 Å². The van der Waals surface area contributed by atoms with Gasteiger partial charge < -0.3 is 10.5 Å². The van der Waals surface area contributed by atoms with E-state index in [1.807, 2.05) is 0 Å². The standard InChI is InChI=1S/C7H15NOS/c8-7(6-9)4-2-1-3-5-10/h6-7,10H,1-5,8H2. The molecular weight excluding hydrogens is 146 g/mol. The quantitative estimate of drug-likeness (QED) is 0.347. The van der Waals surface area contributed by atoms with Gasteiger partial charge in [0.25, 0.3) is 0 Å². The van der Waals surface area contributed by atoms with E-state index >= 15 is 0 Å². The molecule has 0 aliphatic rings. The van der Waals surface area contributed by atoms with Crippen LogP contribution in [0.1, 0.15) is 25.7 Å². The molecule has 0 aromatic heterocycles. The van der Waals surface area contributed by atoms with Crippen molar-refractivity contribution in [3.63, 3.8) is 0 Å². The predicted octanol–water partition coefficient (Wildman–Crippen LogP) is 1.00. The van der Waals surface area contributed by atoms with Crippen LogP contribution >= 0.6 is 12.6 Å². The molecule has 0 saturated heterocycles. The van der Waals surface area contributed by atoms with Crippen LogP contribution in [0.5, 0.6) is 0 Å². The number of carbonyl (C=O) groups excluding carboxylic acids is 1. The summed E-state index contributed by atoms with van der Waals surface area (Å²) in [6.07, 6.45) is 4.91. The fraction of sp³-hybridized carbons (Fsp3) is 0.857. The Morgan fingerprint density at radius 1 is 1.40 bits per heavy atom. The molecule has 1 unspecified atom stereocenters. The van der Waals surface area contributed by atoms with Crippen LogP contribution in [0.3, 0.4) is 0 Å². The van der Waals surface area contributed by atoms with Gasteiger partial charge in [-0.15, -0.1) is 0 Å². The Morgan fingerprint density at radius 2 is 2.10 bits per heavy atom. The van der Waals surface area contributed by atoms with Gasteiger partial charge in [-0.25, -0.2) is 0 Å². The predicted molar refractivity (Wildman–Crippen MR) is 46.4 cm³/mol. The molecule has 0 aromatic rings. The fourth-order valence-electron chi connectivity index (χ4n) is 0.737. The number of aldehydes is 1. The molecule has 0 fully saturated rings. The van der Waals surface area contributed by atoms with Crippen LogP contribution in [0.15, 0.2) is 0 Å². The molecule has 10 heavy (non-hydrogen) atoms. The van der Waals surface area contributed by atoms with Crippen molar-refractivity contribution in [1.29, 1.82) is 0 Å². The van der Waals surface area contributed by atoms with E-state index < -0.39 is 0 Å². The maximum absolute atomic E-state index is 10.0. The first-order valence-corrected chi connectivity index (χ1v) is 4.26. The van der Waals surface area contributed by atoms with Crippen molar-refractivity contribution >= 4 is 18.9 Å². The van der Waals surface area contributed by atoms with Gasteiger partial charge in [0, 0.05) is 0 Å². The lowest BCUT2D eigenvalue weighted by Gasteiger charge is -2.01. The van der Waals surface area contributed by atoms with Gasteiger partial charge in [0.15, 0.2) is 0 Å². The van der Waals surface area contributed by atoms with E-state index in [0.717, 1.165) is 37.7 Å². The average Bonchev–Trinajstić information content (AvgIpc) is 1.98. The van der Waals surface area contributed by atoms with Crippen molar-refractivity contribution in [3.8, 4) is 0 Å². The normalized spacial score (nSPS) is 13.0. The minimum Gasteiger partial charge on any atom is -0.322 e. The summed E-state index contributed by atoms with van der Waals surface area (Å²) in [4.78, 5) is 10.0. The SMILES string of the molecule is NC(C=O)CCCCCS. The summed E-state index contributed by atoms with van der Waals surface area (Å²) in [5.74, 6) is 0.927. The van der Waals surface area contributed by atoms with E-state index in [4.69, 9.17) is 5.73 Å². The van der Waals surface area contributed by atoms with E-state index in [9.17, 15) is 4.79 Å². The summed E-state index contributed by atoms with van der Waals surface area (Å²) in [6, 6.07) is -0.250. The first-order chi connectivity index (χ1) is 4.81. The summed E-state index contributed by atoms with van der Waals surface area (Å²) < 4.78 is 0. The molecule has 0 saturated carbocycles. The molecular formula is C7H15NOS. The van der Waals surface area contributed by atoms with Gasteiger partial charge in [0.1, 0.15) is 6.29 Å². The summed E-state index contributed by atoms with van der Waals surface area (Å²) in [7, 11) is 0. The number of hydrogen-bond donors (Lipinski definition) is 2. The zero-order valence-corrected chi connectivity index (χ0v) is 7.02. The van der Waals surface area contributed by atoms with Crippen LogP contribution in [-0.2, 0) is 4.79 Å². The topological polar surface area (TPSA) is 43.1 Å². The molecule has 0 heterocycles. The highest BCUT2D eigenvalue weighted by atomic mass is 32.1. The lowest BCUT2D eigenvalue weighted by molar-refractivity contribution is -0.109. The molecule has 0 spiro atoms. The third-order valence-electron chi connectivity index (χ3n) is 1.37. The number of nitrogens with two attached hydrogens (primary N) is 1. The highest BCUT2D eigenvalue weighted by Crippen LogP contribution is 2.01. The molecule has 1 atom stereocenters. The Balaban J connectivity index is 2.95. The summed E-state index contributed by atoms with van der Waals surface area (Å²) in [5.41, 5.74) is 5.37. The average molecular weight is 161 g/mol. The molecule has 60 valence electrons. The Bertz CT molecular complexity index is 87.7. The Morgan fingerprint density at radius 3 is 2.60 bits per heavy atom. The van der Waals surface area contributed by atoms with Crippen molar-refractivity contribution in [2.24, 2.45) is 5.73 Å². The second-order valence-electron chi connectivity index (χ2n) is 2.37. The molecule has 0 aliphatic heterocycles. The van der Waals surface area contributed by atoms with E-state index in [2.05, 4.69) is 12.6 Å². The van der Waals surface area contributed by atoms with E-state index in [1.165, 1.54) is 0 Å². The van der Waals surface area contributed by atoms with Crippen LogP contribution in [-0.4, -0.2) is 18.1 Å². The zero-order chi connectivity index (χ0) is 7.82. The van der Waals surface area contributed by atoms with Crippen LogP contribution < -0.4 is 5.73 Å². The van der Waals surface area contributed by atoms with Crippen molar-refractivity contribution in [1.82, 2.24) is 0 Å². The minimum absolute atomic E-state index is 0.250. The minimum atomic E-state index is -0.250. The van der Waals surface area contributed by atoms with Crippen molar-refractivity contribution in [3.05, 3.63) is 0 Å². The maximum atomic E-state index is 10.0. The lowest BCUT2D eigenvalue weighted by atomic mass is 10.1. The van der Waals surface area contributed by atoms with Crippen LogP contribution in [0, 0.1) is 0 Å². The molecule has 0 radical (unpaired) electrons. The maximum Gasteiger partial charge on any atom is 0.136 e. The Hall–Kier alpha value is -0.0200. The highest BCUT2D eigenvalue weighted by molar-refractivity contribution is 7.80. The molecule has 2 N–H and O–H groups in total. The van der Waals surface area contributed by atoms with Crippen LogP contribution in [0.4, 0.5) is 0 Å². The van der Waals surface area contributed by atoms with Gasteiger partial charge >= 0.3 is 0 Å². The number of rotatable bonds is 6. The smallest absolute Gasteiger partial charge is 0.136 e. The van der Waals surface area contributed by atoms with Gasteiger partial charge in [-0.05, 0) is 18.6 Å². The van der Waals surface area contributed by atoms with Gasteiger partial charge in [-0.2, -0.15) is 12.6 Å². The zero-order valence-electron chi connectivity index (χ0n) is 6.12. The number of thiol groups is 1. The van der Waals surface area contributed by atoms with E-state index in [-0.39, 0.29) is 6.04 Å². The summed E-state index contributed by atoms with van der Waals surface area (Å²) in [6.45, 7) is 0. The first-order valence-electron chi connectivity index (χ1n) is 3.63.